The minimum Gasteiger partial charge on any atom is -0.406 e. The second-order valence-electron chi connectivity index (χ2n) is 8.61. The van der Waals surface area contributed by atoms with Gasteiger partial charge >= 0.3 is 18.6 Å². The van der Waals surface area contributed by atoms with E-state index in [0.29, 0.717) is 22.3 Å². The number of pyridine rings is 1. The second-order valence-corrected chi connectivity index (χ2v) is 8.61. The van der Waals surface area contributed by atoms with Crippen molar-refractivity contribution in [1.82, 2.24) is 14.8 Å². The van der Waals surface area contributed by atoms with Crippen LogP contribution >= 0.6 is 0 Å². The number of carbonyl (C=O) groups excluding carboxylic acids is 1. The first kappa shape index (κ1) is 26.0. The lowest BCUT2D eigenvalue weighted by Gasteiger charge is -2.10. The summed E-state index contributed by atoms with van der Waals surface area (Å²) in [5.41, 5.74) is 1.80. The van der Waals surface area contributed by atoms with E-state index < -0.39 is 29.9 Å². The minimum atomic E-state index is -4.85. The van der Waals surface area contributed by atoms with Gasteiger partial charge in [-0.05, 0) is 66.9 Å². The van der Waals surface area contributed by atoms with Gasteiger partial charge in [-0.2, -0.15) is 23.0 Å². The smallest absolute Gasteiger partial charge is 0.406 e. The summed E-state index contributed by atoms with van der Waals surface area (Å²) in [7, 11) is 0. The average Bonchev–Trinajstić information content (AvgIpc) is 3.34. The highest BCUT2D eigenvalue weighted by Gasteiger charge is 2.31. The summed E-state index contributed by atoms with van der Waals surface area (Å²) in [6.07, 6.45) is 0.825. The van der Waals surface area contributed by atoms with Crippen LogP contribution in [0.5, 0.6) is 5.75 Å². The third-order valence-corrected chi connectivity index (χ3v) is 5.85. The summed E-state index contributed by atoms with van der Waals surface area (Å²) in [5.74, 6) is -0.447. The standard InChI is InChI=1S/C27H18F6N4O2/c28-26(29,30)19-6-11-23-17(13-19)12-18(14-34-23)22-15-37(36-24(22)16-4-2-1-3-5-16)25(38)35-20-7-9-21(10-8-20)39-27(31,32)33/h2,4-15H,1,3H2,(H,35,38). The average molecular weight is 544 g/mol. The van der Waals surface area contributed by atoms with Gasteiger partial charge in [-0.1, -0.05) is 18.2 Å². The highest BCUT2D eigenvalue weighted by atomic mass is 19.4. The molecule has 0 atom stereocenters. The third-order valence-electron chi connectivity index (χ3n) is 5.85. The van der Waals surface area contributed by atoms with Crippen LogP contribution in [0.1, 0.15) is 24.1 Å². The van der Waals surface area contributed by atoms with Crippen molar-refractivity contribution in [3.05, 3.63) is 90.4 Å². The number of hydrogen-bond acceptors (Lipinski definition) is 4. The Morgan fingerprint density at radius 1 is 0.974 bits per heavy atom. The minimum absolute atomic E-state index is 0.192. The molecule has 2 heterocycles. The predicted octanol–water partition coefficient (Wildman–Crippen LogP) is 7.83. The number of rotatable bonds is 4. The number of ether oxygens (including phenoxy) is 1. The van der Waals surface area contributed by atoms with Gasteiger partial charge in [0.05, 0.1) is 11.1 Å². The van der Waals surface area contributed by atoms with E-state index in [4.69, 9.17) is 0 Å². The monoisotopic (exact) mass is 544 g/mol. The van der Waals surface area contributed by atoms with Gasteiger partial charge in [0, 0.05) is 34.6 Å². The fourth-order valence-electron chi connectivity index (χ4n) is 4.07. The number of anilines is 1. The Bertz CT molecular complexity index is 1600. The van der Waals surface area contributed by atoms with Crippen molar-refractivity contribution in [3.63, 3.8) is 0 Å². The summed E-state index contributed by atoms with van der Waals surface area (Å²) >= 11 is 0. The molecule has 0 bridgehead atoms. The van der Waals surface area contributed by atoms with Crippen LogP contribution in [0.3, 0.4) is 0 Å². The zero-order valence-electron chi connectivity index (χ0n) is 19.8. The summed E-state index contributed by atoms with van der Waals surface area (Å²) in [5, 5.41) is 7.22. The van der Waals surface area contributed by atoms with E-state index in [0.717, 1.165) is 47.4 Å². The highest BCUT2D eigenvalue weighted by molar-refractivity contribution is 5.94. The molecule has 0 saturated carbocycles. The summed E-state index contributed by atoms with van der Waals surface area (Å²) in [6.45, 7) is 0. The first-order chi connectivity index (χ1) is 18.5. The molecule has 1 aliphatic rings. The number of aromatic nitrogens is 3. The van der Waals surface area contributed by atoms with Crippen LogP contribution in [0, 0.1) is 0 Å². The molecule has 0 saturated heterocycles. The number of halogens is 6. The van der Waals surface area contributed by atoms with Crippen molar-refractivity contribution in [2.24, 2.45) is 0 Å². The molecular weight excluding hydrogens is 526 g/mol. The van der Waals surface area contributed by atoms with Gasteiger partial charge in [0.25, 0.3) is 0 Å². The van der Waals surface area contributed by atoms with Gasteiger partial charge in [0.2, 0.25) is 0 Å². The number of carbonyl (C=O) groups is 1. The molecule has 1 aliphatic carbocycles. The molecular formula is C27H18F6N4O2. The molecule has 0 aliphatic heterocycles. The number of alkyl halides is 6. The highest BCUT2D eigenvalue weighted by Crippen LogP contribution is 2.35. The summed E-state index contributed by atoms with van der Waals surface area (Å²) < 4.78 is 81.8. The van der Waals surface area contributed by atoms with Gasteiger partial charge in [0.15, 0.2) is 0 Å². The van der Waals surface area contributed by atoms with Crippen molar-refractivity contribution in [2.75, 3.05) is 5.32 Å². The fraction of sp³-hybridized carbons (Fsp3) is 0.148. The number of benzene rings is 2. The van der Waals surface area contributed by atoms with Gasteiger partial charge in [-0.15, -0.1) is 13.2 Å². The summed E-state index contributed by atoms with van der Waals surface area (Å²) in [4.78, 5) is 17.3. The number of nitrogens with zero attached hydrogens (tertiary/aromatic N) is 3. The maximum absolute atomic E-state index is 13.3. The van der Waals surface area contributed by atoms with Crippen molar-refractivity contribution < 1.29 is 35.9 Å². The molecule has 0 unspecified atom stereocenters. The van der Waals surface area contributed by atoms with Crippen molar-refractivity contribution in [1.29, 1.82) is 0 Å². The SMILES string of the molecule is O=C(Nc1ccc(OC(F)(F)F)cc1)n1cc(-c2cnc3ccc(C(F)(F)F)cc3c2)c(C2=CCCC=C2)n1. The van der Waals surface area contributed by atoms with Crippen LogP contribution in [0.2, 0.25) is 0 Å². The van der Waals surface area contributed by atoms with Crippen molar-refractivity contribution in [3.8, 4) is 16.9 Å². The Balaban J connectivity index is 1.49. The summed E-state index contributed by atoms with van der Waals surface area (Å²) in [6, 6.07) is 8.68. The lowest BCUT2D eigenvalue weighted by molar-refractivity contribution is -0.274. The number of amides is 1. The Labute approximate surface area is 217 Å². The van der Waals surface area contributed by atoms with Gasteiger partial charge in [0.1, 0.15) is 11.4 Å². The Morgan fingerprint density at radius 2 is 1.74 bits per heavy atom. The van der Waals surface area contributed by atoms with E-state index in [1.807, 2.05) is 18.2 Å². The molecule has 4 aromatic rings. The van der Waals surface area contributed by atoms with Crippen LogP contribution < -0.4 is 10.1 Å². The number of fused-ring (bicyclic) bond motifs is 1. The molecule has 0 radical (unpaired) electrons. The third kappa shape index (κ3) is 5.95. The Kier molecular flexibility index (Phi) is 6.62. The molecule has 0 fully saturated rings. The normalized spacial score (nSPS) is 13.8. The maximum atomic E-state index is 13.3. The van der Waals surface area contributed by atoms with E-state index in [9.17, 15) is 31.1 Å². The largest absolute Gasteiger partial charge is 0.573 e. The van der Waals surface area contributed by atoms with E-state index in [1.54, 1.807) is 6.07 Å². The molecule has 5 rings (SSSR count). The second kappa shape index (κ2) is 9.93. The topological polar surface area (TPSA) is 69.0 Å². The molecule has 0 spiro atoms. The molecule has 2 aromatic heterocycles. The molecule has 200 valence electrons. The first-order valence-corrected chi connectivity index (χ1v) is 11.6. The van der Waals surface area contributed by atoms with Crippen LogP contribution in [0.4, 0.5) is 36.8 Å². The molecule has 2 aromatic carbocycles. The Morgan fingerprint density at radius 3 is 2.41 bits per heavy atom. The molecule has 12 heteroatoms. The van der Waals surface area contributed by atoms with E-state index in [2.05, 4.69) is 20.1 Å². The van der Waals surface area contributed by atoms with Gasteiger partial charge in [-0.25, -0.2) is 4.79 Å². The number of nitrogens with one attached hydrogen (secondary N) is 1. The number of allylic oxidation sites excluding steroid dienone is 4. The van der Waals surface area contributed by atoms with Crippen LogP contribution in [0.25, 0.3) is 27.6 Å². The molecule has 1 amide bonds. The predicted molar refractivity (Wildman–Crippen MR) is 132 cm³/mol. The van der Waals surface area contributed by atoms with E-state index in [-0.39, 0.29) is 11.1 Å². The maximum Gasteiger partial charge on any atom is 0.573 e. The zero-order chi connectivity index (χ0) is 27.8. The van der Waals surface area contributed by atoms with Crippen LogP contribution in [0.15, 0.2) is 79.2 Å². The molecule has 39 heavy (non-hydrogen) atoms. The van der Waals surface area contributed by atoms with Crippen LogP contribution in [-0.2, 0) is 6.18 Å². The lowest BCUT2D eigenvalue weighted by Crippen LogP contribution is -2.20. The number of hydrogen-bond donors (Lipinski definition) is 1. The van der Waals surface area contributed by atoms with Crippen molar-refractivity contribution >= 4 is 28.2 Å². The quantitative estimate of drug-likeness (QED) is 0.266. The fourth-order valence-corrected chi connectivity index (χ4v) is 4.07. The molecule has 6 nitrogen and oxygen atoms in total. The van der Waals surface area contributed by atoms with Gasteiger partial charge < -0.3 is 10.1 Å². The Hall–Kier alpha value is -4.61. The lowest BCUT2D eigenvalue weighted by atomic mass is 9.98. The molecule has 1 N–H and O–H groups in total. The van der Waals surface area contributed by atoms with Gasteiger partial charge in [-0.3, -0.25) is 4.98 Å². The van der Waals surface area contributed by atoms with Crippen molar-refractivity contribution in [2.45, 2.75) is 25.4 Å². The van der Waals surface area contributed by atoms with Crippen LogP contribution in [-0.4, -0.2) is 27.2 Å². The first-order valence-electron chi connectivity index (χ1n) is 11.6. The zero-order valence-corrected chi connectivity index (χ0v) is 19.8. The van der Waals surface area contributed by atoms with E-state index in [1.165, 1.54) is 30.6 Å². The van der Waals surface area contributed by atoms with E-state index >= 15 is 0 Å².